The van der Waals surface area contributed by atoms with Gasteiger partial charge in [0.2, 0.25) is 0 Å². The molecule has 1 aliphatic carbocycles. The predicted molar refractivity (Wildman–Crippen MR) is 129 cm³/mol. The molecule has 5 rings (SSSR count). The minimum atomic E-state index is -4.40. The number of esters is 1. The number of alkyl halides is 3. The molecule has 0 unspecified atom stereocenters. The quantitative estimate of drug-likeness (QED) is 0.571. The Labute approximate surface area is 210 Å². The first kappa shape index (κ1) is 25.1. The Hall–Kier alpha value is -2.55. The van der Waals surface area contributed by atoms with Crippen molar-refractivity contribution in [3.63, 3.8) is 0 Å². The minimum Gasteiger partial charge on any atom is -0.450 e. The normalized spacial score (nSPS) is 23.9. The fraction of sp³-hybridized carbons (Fsp3) is 0.630. The molecule has 2 saturated heterocycles. The molecular formula is C27H34F3N3O3. The molecule has 6 nitrogen and oxygen atoms in total. The maximum absolute atomic E-state index is 13.7. The molecule has 0 N–H and O–H groups in total. The van der Waals surface area contributed by atoms with Crippen molar-refractivity contribution in [3.05, 3.63) is 41.0 Å². The van der Waals surface area contributed by atoms with Crippen LogP contribution in [0.25, 0.3) is 0 Å². The van der Waals surface area contributed by atoms with Gasteiger partial charge in [-0.25, -0.2) is 4.79 Å². The number of nitrogens with zero attached hydrogens (tertiary/aromatic N) is 3. The molecule has 1 aromatic rings. The van der Waals surface area contributed by atoms with Crippen LogP contribution in [-0.2, 0) is 20.5 Å². The van der Waals surface area contributed by atoms with Gasteiger partial charge in [-0.3, -0.25) is 4.79 Å². The second-order valence-electron chi connectivity index (χ2n) is 10.5. The lowest BCUT2D eigenvalue weighted by atomic mass is 9.81. The van der Waals surface area contributed by atoms with Gasteiger partial charge >= 0.3 is 12.1 Å². The molecule has 4 aliphatic rings. The van der Waals surface area contributed by atoms with Gasteiger partial charge in [-0.2, -0.15) is 13.2 Å². The number of piperazine rings is 1. The van der Waals surface area contributed by atoms with Crippen LogP contribution >= 0.6 is 0 Å². The maximum Gasteiger partial charge on any atom is 0.416 e. The number of likely N-dealkylation sites (tertiary alicyclic amines) is 1. The van der Waals surface area contributed by atoms with Gasteiger partial charge < -0.3 is 19.4 Å². The highest BCUT2D eigenvalue weighted by Gasteiger charge is 2.52. The zero-order valence-electron chi connectivity index (χ0n) is 20.8. The summed E-state index contributed by atoms with van der Waals surface area (Å²) in [5, 5.41) is 0. The summed E-state index contributed by atoms with van der Waals surface area (Å²) in [7, 11) is 0. The molecule has 196 valence electrons. The van der Waals surface area contributed by atoms with Crippen molar-refractivity contribution in [2.24, 2.45) is 0 Å². The van der Waals surface area contributed by atoms with Gasteiger partial charge in [0.1, 0.15) is 5.60 Å². The molecule has 0 bridgehead atoms. The van der Waals surface area contributed by atoms with Gasteiger partial charge in [0.25, 0.3) is 5.91 Å². The SMILES string of the molecule is CC1=C(C(=O)N2CCN(c3cccc(C(F)(F)F)c3)CC2)C2(CCN(C3CCCCC3)CC2)OC1=O. The summed E-state index contributed by atoms with van der Waals surface area (Å²) in [6.45, 7) is 4.91. The third-order valence-corrected chi connectivity index (χ3v) is 8.44. The van der Waals surface area contributed by atoms with E-state index in [1.54, 1.807) is 17.9 Å². The van der Waals surface area contributed by atoms with Crippen LogP contribution in [0, 0.1) is 0 Å². The summed E-state index contributed by atoms with van der Waals surface area (Å²) in [4.78, 5) is 32.4. The van der Waals surface area contributed by atoms with Gasteiger partial charge in [0, 0.05) is 69.4 Å². The summed E-state index contributed by atoms with van der Waals surface area (Å²) in [5.74, 6) is -0.583. The Balaban J connectivity index is 1.25. The van der Waals surface area contributed by atoms with Gasteiger partial charge in [-0.1, -0.05) is 25.3 Å². The Morgan fingerprint density at radius 1 is 1.00 bits per heavy atom. The van der Waals surface area contributed by atoms with Crippen molar-refractivity contribution in [3.8, 4) is 0 Å². The van der Waals surface area contributed by atoms with E-state index in [-0.39, 0.29) is 5.91 Å². The molecule has 1 amide bonds. The first-order valence-electron chi connectivity index (χ1n) is 13.1. The zero-order valence-corrected chi connectivity index (χ0v) is 20.8. The molecule has 3 aliphatic heterocycles. The van der Waals surface area contributed by atoms with Crippen molar-refractivity contribution in [1.29, 1.82) is 0 Å². The van der Waals surface area contributed by atoms with Crippen molar-refractivity contribution < 1.29 is 27.5 Å². The fourth-order valence-corrected chi connectivity index (χ4v) is 6.36. The zero-order chi connectivity index (χ0) is 25.5. The van der Waals surface area contributed by atoms with Crippen LogP contribution in [0.5, 0.6) is 0 Å². The summed E-state index contributed by atoms with van der Waals surface area (Å²) in [6, 6.07) is 5.88. The van der Waals surface area contributed by atoms with Crippen LogP contribution in [0.4, 0.5) is 18.9 Å². The van der Waals surface area contributed by atoms with Gasteiger partial charge in [-0.15, -0.1) is 0 Å². The van der Waals surface area contributed by atoms with Gasteiger partial charge in [-0.05, 0) is 38.0 Å². The van der Waals surface area contributed by atoms with Crippen LogP contribution in [0.2, 0.25) is 0 Å². The Bertz CT molecular complexity index is 1030. The Kier molecular flexibility index (Phi) is 6.78. The Morgan fingerprint density at radius 3 is 2.31 bits per heavy atom. The van der Waals surface area contributed by atoms with E-state index < -0.39 is 23.3 Å². The minimum absolute atomic E-state index is 0.173. The first-order valence-corrected chi connectivity index (χ1v) is 13.1. The van der Waals surface area contributed by atoms with E-state index in [1.807, 2.05) is 4.90 Å². The summed E-state index contributed by atoms with van der Waals surface area (Å²) < 4.78 is 45.3. The van der Waals surface area contributed by atoms with E-state index in [9.17, 15) is 22.8 Å². The molecule has 36 heavy (non-hydrogen) atoms. The number of carbonyl (C=O) groups excluding carboxylic acids is 2. The van der Waals surface area contributed by atoms with Crippen molar-refractivity contribution in [2.45, 2.75) is 69.7 Å². The second kappa shape index (κ2) is 9.72. The summed E-state index contributed by atoms with van der Waals surface area (Å²) in [6.07, 6.45) is 3.09. The number of halogens is 3. The van der Waals surface area contributed by atoms with E-state index >= 15 is 0 Å². The number of rotatable bonds is 3. The van der Waals surface area contributed by atoms with E-state index in [1.165, 1.54) is 38.2 Å². The largest absolute Gasteiger partial charge is 0.450 e. The van der Waals surface area contributed by atoms with E-state index in [4.69, 9.17) is 4.74 Å². The molecule has 1 spiro atoms. The lowest BCUT2D eigenvalue weighted by Gasteiger charge is -2.44. The molecule has 1 aromatic carbocycles. The number of ether oxygens (including phenoxy) is 1. The summed E-state index contributed by atoms with van der Waals surface area (Å²) >= 11 is 0. The number of benzene rings is 1. The highest BCUT2D eigenvalue weighted by molar-refractivity contribution is 6.07. The number of hydrogen-bond acceptors (Lipinski definition) is 5. The van der Waals surface area contributed by atoms with Crippen LogP contribution in [0.1, 0.15) is 57.4 Å². The molecule has 0 radical (unpaired) electrons. The molecule has 0 aromatic heterocycles. The Morgan fingerprint density at radius 2 is 1.67 bits per heavy atom. The molecule has 0 atom stereocenters. The van der Waals surface area contributed by atoms with Crippen molar-refractivity contribution in [2.75, 3.05) is 44.2 Å². The van der Waals surface area contributed by atoms with Crippen LogP contribution in [0.3, 0.4) is 0 Å². The lowest BCUT2D eigenvalue weighted by Crippen LogP contribution is -2.54. The van der Waals surface area contributed by atoms with Crippen LogP contribution < -0.4 is 4.90 Å². The third-order valence-electron chi connectivity index (χ3n) is 8.44. The molecule has 1 saturated carbocycles. The lowest BCUT2D eigenvalue weighted by molar-refractivity contribution is -0.152. The second-order valence-corrected chi connectivity index (χ2v) is 10.5. The number of amides is 1. The van der Waals surface area contributed by atoms with Crippen LogP contribution in [0.15, 0.2) is 35.4 Å². The third kappa shape index (κ3) is 4.74. The van der Waals surface area contributed by atoms with E-state index in [2.05, 4.69) is 4.90 Å². The maximum atomic E-state index is 13.7. The smallest absolute Gasteiger partial charge is 0.416 e. The highest BCUT2D eigenvalue weighted by atomic mass is 19.4. The summed E-state index contributed by atoms with van der Waals surface area (Å²) in [5.41, 5.74) is -0.155. The number of carbonyl (C=O) groups is 2. The van der Waals surface area contributed by atoms with E-state index in [0.29, 0.717) is 61.9 Å². The first-order chi connectivity index (χ1) is 17.2. The number of piperidine rings is 1. The highest BCUT2D eigenvalue weighted by Crippen LogP contribution is 2.43. The van der Waals surface area contributed by atoms with E-state index in [0.717, 1.165) is 25.2 Å². The van der Waals surface area contributed by atoms with Gasteiger partial charge in [0.15, 0.2) is 0 Å². The number of anilines is 1. The van der Waals surface area contributed by atoms with Crippen LogP contribution in [-0.4, -0.2) is 72.6 Å². The molecular weight excluding hydrogens is 471 g/mol. The standard InChI is InChI=1S/C27H34F3N3O3/c1-19-23(26(36-25(19)35)10-12-31(13-11-26)21-7-3-2-4-8-21)24(34)33-16-14-32(15-17-33)22-9-5-6-20(18-22)27(28,29)30/h5-6,9,18,21H,2-4,7-8,10-17H2,1H3. The average Bonchev–Trinajstić information content (AvgIpc) is 3.13. The fourth-order valence-electron chi connectivity index (χ4n) is 6.36. The predicted octanol–water partition coefficient (Wildman–Crippen LogP) is 4.39. The van der Waals surface area contributed by atoms with Crippen molar-refractivity contribution in [1.82, 2.24) is 9.80 Å². The monoisotopic (exact) mass is 505 g/mol. The average molecular weight is 506 g/mol. The van der Waals surface area contributed by atoms with Gasteiger partial charge in [0.05, 0.1) is 11.1 Å². The molecule has 3 heterocycles. The topological polar surface area (TPSA) is 53.1 Å². The molecule has 9 heteroatoms. The van der Waals surface area contributed by atoms with Crippen molar-refractivity contribution >= 4 is 17.6 Å². The molecule has 3 fully saturated rings. The number of hydrogen-bond donors (Lipinski definition) is 0.